The average molecular weight is 837 g/mol. The van der Waals surface area contributed by atoms with Crippen LogP contribution in [0.25, 0.3) is 0 Å². The van der Waals surface area contributed by atoms with Gasteiger partial charge in [0.25, 0.3) is 0 Å². The fourth-order valence-electron chi connectivity index (χ4n) is 6.66. The lowest BCUT2D eigenvalue weighted by Crippen LogP contribution is -2.30. The Balaban J connectivity index is 4.47. The minimum absolute atomic E-state index is 0.0966. The third-order valence-corrected chi connectivity index (χ3v) is 10.4. The van der Waals surface area contributed by atoms with Gasteiger partial charge in [-0.2, -0.15) is 0 Å². The van der Waals surface area contributed by atoms with E-state index in [2.05, 4.69) is 93.7 Å². The van der Waals surface area contributed by atoms with Crippen LogP contribution < -0.4 is 0 Å². The first-order valence-corrected chi connectivity index (χ1v) is 24.9. The van der Waals surface area contributed by atoms with Gasteiger partial charge in [0.05, 0.1) is 0 Å². The highest BCUT2D eigenvalue weighted by Gasteiger charge is 2.19. The lowest BCUT2D eigenvalue weighted by atomic mass is 10.1. The summed E-state index contributed by atoms with van der Waals surface area (Å²) in [6.45, 7) is 6.44. The second kappa shape index (κ2) is 48.5. The van der Waals surface area contributed by atoms with Crippen molar-refractivity contribution in [3.63, 3.8) is 0 Å². The maximum absolute atomic E-state index is 12.8. The second-order valence-corrected chi connectivity index (χ2v) is 16.3. The molecule has 6 heteroatoms. The van der Waals surface area contributed by atoms with Gasteiger partial charge in [0.2, 0.25) is 0 Å². The van der Waals surface area contributed by atoms with Gasteiger partial charge in [0, 0.05) is 19.3 Å². The summed E-state index contributed by atoms with van der Waals surface area (Å²) in [5, 5.41) is 0. The largest absolute Gasteiger partial charge is 0.462 e. The first-order chi connectivity index (χ1) is 29.5. The Labute approximate surface area is 370 Å². The molecule has 0 bridgehead atoms. The van der Waals surface area contributed by atoms with Crippen molar-refractivity contribution in [3.05, 3.63) is 72.9 Å². The molecule has 0 N–H and O–H groups in total. The molecule has 0 unspecified atom stereocenters. The molecule has 0 saturated heterocycles. The first-order valence-electron chi connectivity index (χ1n) is 24.9. The molecule has 0 rings (SSSR count). The minimum Gasteiger partial charge on any atom is -0.462 e. The molecule has 0 aromatic carbocycles. The van der Waals surface area contributed by atoms with Crippen molar-refractivity contribution in [1.82, 2.24) is 0 Å². The number of carbonyl (C=O) groups excluding carboxylic acids is 3. The predicted octanol–water partition coefficient (Wildman–Crippen LogP) is 16.3. The number of ether oxygens (including phenoxy) is 3. The summed E-state index contributed by atoms with van der Waals surface area (Å²) in [7, 11) is 0. The van der Waals surface area contributed by atoms with Gasteiger partial charge in [0.1, 0.15) is 13.2 Å². The molecular weight excluding hydrogens is 745 g/mol. The Bertz CT molecular complexity index is 1140. The molecule has 0 aromatic heterocycles. The van der Waals surface area contributed by atoms with Gasteiger partial charge in [-0.3, -0.25) is 14.4 Å². The lowest BCUT2D eigenvalue weighted by Gasteiger charge is -2.18. The Morgan fingerprint density at radius 2 is 0.650 bits per heavy atom. The Morgan fingerprint density at radius 3 is 1.10 bits per heavy atom. The van der Waals surface area contributed by atoms with E-state index in [1.807, 2.05) is 0 Å². The molecular formula is C54H92O6. The molecule has 0 spiro atoms. The van der Waals surface area contributed by atoms with E-state index in [-0.39, 0.29) is 31.1 Å². The lowest BCUT2D eigenvalue weighted by molar-refractivity contribution is -0.167. The summed E-state index contributed by atoms with van der Waals surface area (Å²) < 4.78 is 16.7. The van der Waals surface area contributed by atoms with Crippen LogP contribution in [0.5, 0.6) is 0 Å². The molecule has 0 radical (unpaired) electrons. The zero-order valence-corrected chi connectivity index (χ0v) is 39.2. The van der Waals surface area contributed by atoms with Gasteiger partial charge in [-0.25, -0.2) is 0 Å². The van der Waals surface area contributed by atoms with Crippen LogP contribution in [0.4, 0.5) is 0 Å². The van der Waals surface area contributed by atoms with E-state index in [9.17, 15) is 14.4 Å². The van der Waals surface area contributed by atoms with Gasteiger partial charge in [-0.15, -0.1) is 0 Å². The highest BCUT2D eigenvalue weighted by molar-refractivity contribution is 5.71. The standard InChI is InChI=1S/C54H92O6/c1-4-7-10-13-16-19-22-25-27-29-32-35-38-41-44-47-53(56)59-50-51(49-58-52(55)46-43-40-37-34-31-24-21-18-15-12-9-6-3)60-54(57)48-45-42-39-36-33-30-28-26-23-20-17-14-11-8-5-2/h7,10,16,18-19,21,25-28,32,35,51H,4-6,8-9,11-15,17,20,22-24,29-31,33-34,36-50H2,1-3H3/b10-7-,19-16-,21-18-,27-25-,28-26-,35-32-/t51-/m1/s1. The van der Waals surface area contributed by atoms with E-state index in [4.69, 9.17) is 14.2 Å². The summed E-state index contributed by atoms with van der Waals surface area (Å²) in [5.41, 5.74) is 0. The third kappa shape index (κ3) is 45.9. The van der Waals surface area contributed by atoms with Gasteiger partial charge < -0.3 is 14.2 Å². The zero-order valence-electron chi connectivity index (χ0n) is 39.2. The molecule has 0 aliphatic heterocycles. The van der Waals surface area contributed by atoms with E-state index in [1.54, 1.807) is 0 Å². The molecule has 0 aliphatic carbocycles. The third-order valence-electron chi connectivity index (χ3n) is 10.4. The summed E-state index contributed by atoms with van der Waals surface area (Å²) in [6.07, 6.45) is 60.3. The molecule has 0 saturated carbocycles. The molecule has 0 fully saturated rings. The highest BCUT2D eigenvalue weighted by Crippen LogP contribution is 2.13. The van der Waals surface area contributed by atoms with Crippen molar-refractivity contribution >= 4 is 17.9 Å². The summed E-state index contributed by atoms with van der Waals surface area (Å²) in [5.74, 6) is -0.958. The normalized spacial score (nSPS) is 12.7. The van der Waals surface area contributed by atoms with Crippen molar-refractivity contribution in [3.8, 4) is 0 Å². The van der Waals surface area contributed by atoms with Crippen LogP contribution >= 0.6 is 0 Å². The monoisotopic (exact) mass is 837 g/mol. The van der Waals surface area contributed by atoms with Crippen LogP contribution in [0.2, 0.25) is 0 Å². The number of hydrogen-bond donors (Lipinski definition) is 0. The van der Waals surface area contributed by atoms with Crippen LogP contribution in [0, 0.1) is 0 Å². The molecule has 0 heterocycles. The van der Waals surface area contributed by atoms with Gasteiger partial charge in [-0.1, -0.05) is 177 Å². The van der Waals surface area contributed by atoms with Crippen molar-refractivity contribution in [2.45, 2.75) is 239 Å². The smallest absolute Gasteiger partial charge is 0.306 e. The van der Waals surface area contributed by atoms with Crippen molar-refractivity contribution in [2.75, 3.05) is 13.2 Å². The van der Waals surface area contributed by atoms with Crippen LogP contribution in [0.15, 0.2) is 72.9 Å². The maximum Gasteiger partial charge on any atom is 0.306 e. The quantitative estimate of drug-likeness (QED) is 0.0263. The van der Waals surface area contributed by atoms with Crippen molar-refractivity contribution in [2.24, 2.45) is 0 Å². The fraction of sp³-hybridized carbons (Fsp3) is 0.722. The molecule has 0 aliphatic rings. The van der Waals surface area contributed by atoms with Crippen LogP contribution in [0.3, 0.4) is 0 Å². The number of carbonyl (C=O) groups is 3. The Morgan fingerprint density at radius 1 is 0.350 bits per heavy atom. The molecule has 0 aromatic rings. The van der Waals surface area contributed by atoms with Gasteiger partial charge in [0.15, 0.2) is 6.10 Å². The molecule has 1 atom stereocenters. The SMILES string of the molecule is CC/C=C\C/C=C\C/C=C\C/C=C\CCCCC(=O)OC[C@@H](COC(=O)CCCCCCC/C=C\CCCCC)OC(=O)CCCCCCC/C=C\CCCCCCCC. The van der Waals surface area contributed by atoms with Crippen LogP contribution in [0.1, 0.15) is 233 Å². The van der Waals surface area contributed by atoms with Crippen LogP contribution in [-0.4, -0.2) is 37.2 Å². The maximum atomic E-state index is 12.8. The summed E-state index contributed by atoms with van der Waals surface area (Å²) in [6, 6.07) is 0. The summed E-state index contributed by atoms with van der Waals surface area (Å²) >= 11 is 0. The number of esters is 3. The topological polar surface area (TPSA) is 78.9 Å². The zero-order chi connectivity index (χ0) is 43.7. The number of allylic oxidation sites excluding steroid dienone is 12. The second-order valence-electron chi connectivity index (χ2n) is 16.3. The van der Waals surface area contributed by atoms with Crippen LogP contribution in [-0.2, 0) is 28.6 Å². The predicted molar refractivity (Wildman–Crippen MR) is 256 cm³/mol. The number of unbranched alkanes of at least 4 members (excludes halogenated alkanes) is 21. The van der Waals surface area contributed by atoms with Crippen molar-refractivity contribution in [1.29, 1.82) is 0 Å². The Hall–Kier alpha value is -3.15. The van der Waals surface area contributed by atoms with E-state index >= 15 is 0 Å². The first kappa shape index (κ1) is 56.9. The summed E-state index contributed by atoms with van der Waals surface area (Å²) in [4.78, 5) is 37.9. The van der Waals surface area contributed by atoms with E-state index in [0.29, 0.717) is 19.3 Å². The molecule has 344 valence electrons. The Kier molecular flexibility index (Phi) is 46.0. The molecule has 6 nitrogen and oxygen atoms in total. The van der Waals surface area contributed by atoms with E-state index in [0.717, 1.165) is 103 Å². The van der Waals surface area contributed by atoms with Gasteiger partial charge in [-0.05, 0) is 109 Å². The average Bonchev–Trinajstić information content (AvgIpc) is 3.24. The number of hydrogen-bond acceptors (Lipinski definition) is 6. The van der Waals surface area contributed by atoms with E-state index in [1.165, 1.54) is 89.9 Å². The molecule has 0 amide bonds. The number of rotatable bonds is 44. The van der Waals surface area contributed by atoms with Crippen molar-refractivity contribution < 1.29 is 28.6 Å². The minimum atomic E-state index is -0.798. The molecule has 60 heavy (non-hydrogen) atoms. The van der Waals surface area contributed by atoms with E-state index < -0.39 is 6.10 Å². The fourth-order valence-corrected chi connectivity index (χ4v) is 6.66. The van der Waals surface area contributed by atoms with Gasteiger partial charge >= 0.3 is 17.9 Å². The highest BCUT2D eigenvalue weighted by atomic mass is 16.6.